The number of rotatable bonds is 9. The van der Waals surface area contributed by atoms with E-state index in [0.29, 0.717) is 36.7 Å². The summed E-state index contributed by atoms with van der Waals surface area (Å²) in [5.74, 6) is 1.70. The number of fused-ring (bicyclic) bond motifs is 1. The highest BCUT2D eigenvalue weighted by Crippen LogP contribution is 2.34. The first kappa shape index (κ1) is 22.9. The van der Waals surface area contributed by atoms with E-state index in [2.05, 4.69) is 5.32 Å². The van der Waals surface area contributed by atoms with Gasteiger partial charge in [0.05, 0.1) is 19.4 Å². The van der Waals surface area contributed by atoms with E-state index in [-0.39, 0.29) is 18.4 Å². The van der Waals surface area contributed by atoms with E-state index < -0.39 is 0 Å². The molecule has 1 aliphatic heterocycles. The van der Waals surface area contributed by atoms with Gasteiger partial charge in [0.1, 0.15) is 17.2 Å². The van der Waals surface area contributed by atoms with Gasteiger partial charge in [-0.25, -0.2) is 0 Å². The van der Waals surface area contributed by atoms with Gasteiger partial charge in [-0.2, -0.15) is 0 Å². The smallest absolute Gasteiger partial charge is 0.265 e. The lowest BCUT2D eigenvalue weighted by Gasteiger charge is -2.29. The van der Waals surface area contributed by atoms with Crippen molar-refractivity contribution < 1.29 is 23.8 Å². The highest BCUT2D eigenvalue weighted by atomic mass is 16.5. The van der Waals surface area contributed by atoms with Crippen molar-refractivity contribution in [2.75, 3.05) is 37.1 Å². The molecule has 1 N–H and O–H groups in total. The first-order valence-electron chi connectivity index (χ1n) is 11.0. The van der Waals surface area contributed by atoms with E-state index >= 15 is 0 Å². The van der Waals surface area contributed by atoms with Crippen molar-refractivity contribution in [3.05, 3.63) is 84.4 Å². The maximum absolute atomic E-state index is 12.4. The Hall–Kier alpha value is -4.26. The summed E-state index contributed by atoms with van der Waals surface area (Å²) in [7, 11) is 1.60. The number of nitrogens with zero attached hydrogens (tertiary/aromatic N) is 1. The molecule has 0 radical (unpaired) electrons. The fourth-order valence-corrected chi connectivity index (χ4v) is 3.56. The molecule has 0 bridgehead atoms. The maximum atomic E-state index is 12.4. The number of methoxy groups -OCH3 is 1. The topological polar surface area (TPSA) is 77.1 Å². The van der Waals surface area contributed by atoms with Crippen LogP contribution in [0.1, 0.15) is 12.0 Å². The van der Waals surface area contributed by atoms with Crippen LogP contribution in [-0.2, 0) is 9.59 Å². The maximum Gasteiger partial charge on any atom is 0.265 e. The average Bonchev–Trinajstić information content (AvgIpc) is 2.87. The highest BCUT2D eigenvalue weighted by molar-refractivity contribution is 6.03. The SMILES string of the molecule is COc1cccc(/C=C/C(=O)Nc2ccc3c(c2)OCC(=O)N3CCCOc2ccccc2)c1. The lowest BCUT2D eigenvalue weighted by atomic mass is 10.2. The predicted octanol–water partition coefficient (Wildman–Crippen LogP) is 4.54. The molecule has 0 fully saturated rings. The Kier molecular flexibility index (Phi) is 7.45. The second-order valence-electron chi connectivity index (χ2n) is 7.63. The van der Waals surface area contributed by atoms with Crippen LogP contribution < -0.4 is 24.4 Å². The molecule has 3 aromatic carbocycles. The molecule has 1 heterocycles. The Morgan fingerprint density at radius 3 is 2.71 bits per heavy atom. The van der Waals surface area contributed by atoms with Gasteiger partial charge in [0, 0.05) is 24.4 Å². The Morgan fingerprint density at radius 2 is 1.88 bits per heavy atom. The van der Waals surface area contributed by atoms with E-state index in [9.17, 15) is 9.59 Å². The molecule has 0 saturated heterocycles. The van der Waals surface area contributed by atoms with Crippen molar-refractivity contribution in [1.82, 2.24) is 0 Å². The van der Waals surface area contributed by atoms with Crippen LogP contribution in [0, 0.1) is 0 Å². The third-order valence-corrected chi connectivity index (χ3v) is 5.23. The number of carbonyl (C=O) groups excluding carboxylic acids is 2. The van der Waals surface area contributed by atoms with Gasteiger partial charge in [-0.1, -0.05) is 30.3 Å². The number of ether oxygens (including phenoxy) is 3. The number of hydrogen-bond donors (Lipinski definition) is 1. The molecule has 2 amide bonds. The summed E-state index contributed by atoms with van der Waals surface area (Å²) in [5.41, 5.74) is 2.12. The summed E-state index contributed by atoms with van der Waals surface area (Å²) in [6.45, 7) is 0.967. The van der Waals surface area contributed by atoms with Gasteiger partial charge >= 0.3 is 0 Å². The van der Waals surface area contributed by atoms with Crippen LogP contribution >= 0.6 is 0 Å². The van der Waals surface area contributed by atoms with Crippen LogP contribution in [-0.4, -0.2) is 38.7 Å². The third-order valence-electron chi connectivity index (χ3n) is 5.23. The summed E-state index contributed by atoms with van der Waals surface area (Å²) in [6.07, 6.45) is 3.84. The zero-order valence-electron chi connectivity index (χ0n) is 18.9. The van der Waals surface area contributed by atoms with Crippen molar-refractivity contribution in [2.24, 2.45) is 0 Å². The number of benzene rings is 3. The minimum Gasteiger partial charge on any atom is -0.497 e. The largest absolute Gasteiger partial charge is 0.497 e. The van der Waals surface area contributed by atoms with E-state index in [0.717, 1.165) is 17.1 Å². The van der Waals surface area contributed by atoms with Gasteiger partial charge in [-0.05, 0) is 54.5 Å². The highest BCUT2D eigenvalue weighted by Gasteiger charge is 2.25. The molecular weight excluding hydrogens is 432 g/mol. The van der Waals surface area contributed by atoms with E-state index in [1.54, 1.807) is 36.3 Å². The molecule has 1 aliphatic rings. The minimum absolute atomic E-state index is 0.0420. The van der Waals surface area contributed by atoms with Gasteiger partial charge in [0.25, 0.3) is 5.91 Å². The molecule has 0 atom stereocenters. The van der Waals surface area contributed by atoms with E-state index in [1.165, 1.54) is 6.08 Å². The second-order valence-corrected chi connectivity index (χ2v) is 7.63. The Morgan fingerprint density at radius 1 is 1.06 bits per heavy atom. The quantitative estimate of drug-likeness (QED) is 0.376. The summed E-state index contributed by atoms with van der Waals surface area (Å²) in [6, 6.07) is 22.3. The lowest BCUT2D eigenvalue weighted by Crippen LogP contribution is -2.39. The molecule has 7 heteroatoms. The predicted molar refractivity (Wildman–Crippen MR) is 132 cm³/mol. The molecule has 4 rings (SSSR count). The Balaban J connectivity index is 1.35. The van der Waals surface area contributed by atoms with Gasteiger partial charge in [-0.3, -0.25) is 9.59 Å². The zero-order chi connectivity index (χ0) is 23.8. The van der Waals surface area contributed by atoms with Gasteiger partial charge in [-0.15, -0.1) is 0 Å². The molecule has 0 unspecified atom stereocenters. The average molecular weight is 459 g/mol. The van der Waals surface area contributed by atoms with Crippen LogP contribution in [0.3, 0.4) is 0 Å². The van der Waals surface area contributed by atoms with Gasteiger partial charge in [0.15, 0.2) is 6.61 Å². The zero-order valence-corrected chi connectivity index (χ0v) is 18.9. The van der Waals surface area contributed by atoms with Crippen LogP contribution in [0.4, 0.5) is 11.4 Å². The minimum atomic E-state index is -0.274. The van der Waals surface area contributed by atoms with Crippen molar-refractivity contribution in [3.63, 3.8) is 0 Å². The summed E-state index contributed by atoms with van der Waals surface area (Å²) >= 11 is 0. The van der Waals surface area contributed by atoms with Crippen molar-refractivity contribution in [3.8, 4) is 17.2 Å². The summed E-state index contributed by atoms with van der Waals surface area (Å²) in [4.78, 5) is 26.5. The van der Waals surface area contributed by atoms with Crippen molar-refractivity contribution in [1.29, 1.82) is 0 Å². The van der Waals surface area contributed by atoms with Gasteiger partial charge in [0.2, 0.25) is 5.91 Å². The first-order valence-corrected chi connectivity index (χ1v) is 11.0. The second kappa shape index (κ2) is 11.0. The van der Waals surface area contributed by atoms with Crippen molar-refractivity contribution >= 4 is 29.3 Å². The normalized spacial score (nSPS) is 12.7. The standard InChI is InChI=1S/C27H26N2O5/c1-32-23-10-5-7-20(17-23)11-14-26(30)28-21-12-13-24-25(18-21)34-19-27(31)29(24)15-6-16-33-22-8-3-2-4-9-22/h2-5,7-14,17-18H,6,15-16,19H2,1H3,(H,28,30)/b14-11+. The number of amides is 2. The lowest BCUT2D eigenvalue weighted by molar-refractivity contribution is -0.121. The molecule has 7 nitrogen and oxygen atoms in total. The number of carbonyl (C=O) groups is 2. The monoisotopic (exact) mass is 458 g/mol. The molecular formula is C27H26N2O5. The fourth-order valence-electron chi connectivity index (χ4n) is 3.56. The fraction of sp³-hybridized carbons (Fsp3) is 0.185. The van der Waals surface area contributed by atoms with Crippen LogP contribution in [0.15, 0.2) is 78.9 Å². The summed E-state index contributed by atoms with van der Waals surface area (Å²) < 4.78 is 16.5. The molecule has 3 aromatic rings. The van der Waals surface area contributed by atoms with Crippen LogP contribution in [0.25, 0.3) is 6.08 Å². The third kappa shape index (κ3) is 5.95. The van der Waals surface area contributed by atoms with E-state index in [4.69, 9.17) is 14.2 Å². The molecule has 0 saturated carbocycles. The molecule has 0 aliphatic carbocycles. The number of nitrogens with one attached hydrogen (secondary N) is 1. The van der Waals surface area contributed by atoms with Crippen molar-refractivity contribution in [2.45, 2.75) is 6.42 Å². The first-order chi connectivity index (χ1) is 16.6. The summed E-state index contributed by atoms with van der Waals surface area (Å²) in [5, 5.41) is 2.83. The molecule has 0 aromatic heterocycles. The van der Waals surface area contributed by atoms with Gasteiger partial charge < -0.3 is 24.4 Å². The van der Waals surface area contributed by atoms with Crippen LogP contribution in [0.2, 0.25) is 0 Å². The van der Waals surface area contributed by atoms with E-state index in [1.807, 2.05) is 54.6 Å². The number of para-hydroxylation sites is 1. The molecule has 0 spiro atoms. The Labute approximate surface area is 198 Å². The molecule has 174 valence electrons. The molecule has 34 heavy (non-hydrogen) atoms. The Bertz CT molecular complexity index is 1180. The number of anilines is 2. The van der Waals surface area contributed by atoms with Crippen LogP contribution in [0.5, 0.6) is 17.2 Å². The number of hydrogen-bond acceptors (Lipinski definition) is 5.